The second kappa shape index (κ2) is 6.00. The molecule has 1 amide bonds. The van der Waals surface area contributed by atoms with Gasteiger partial charge >= 0.3 is 0 Å². The molecule has 1 aliphatic rings. The van der Waals surface area contributed by atoms with Crippen LogP contribution < -0.4 is 5.32 Å². The van der Waals surface area contributed by atoms with E-state index in [-0.39, 0.29) is 61.8 Å². The molecule has 1 radical (unpaired) electrons. The van der Waals surface area contributed by atoms with Crippen LogP contribution in [0.15, 0.2) is 24.3 Å². The number of carbonyl (C=O) groups excluding carboxylic acids is 1. The Balaban J connectivity index is 0.00000128. The summed E-state index contributed by atoms with van der Waals surface area (Å²) in [6, 6.07) is 6.82. The smallest absolute Gasteiger partial charge is 0.240 e. The zero-order valence-electron chi connectivity index (χ0n) is 9.18. The van der Waals surface area contributed by atoms with Crippen molar-refractivity contribution >= 4 is 5.91 Å². The Morgan fingerprint density at radius 3 is 2.56 bits per heavy atom. The van der Waals surface area contributed by atoms with Crippen LogP contribution in [0.4, 0.5) is 0 Å². The summed E-state index contributed by atoms with van der Waals surface area (Å²) in [5, 5.41) is 12.3. The van der Waals surface area contributed by atoms with Crippen LogP contribution in [-0.4, -0.2) is 35.7 Å². The Labute approximate surface area is 131 Å². The van der Waals surface area contributed by atoms with Crippen molar-refractivity contribution in [3.8, 4) is 5.75 Å². The van der Waals surface area contributed by atoms with Gasteiger partial charge in [-0.05, 0) is 24.1 Å². The second-order valence-corrected chi connectivity index (χ2v) is 3.82. The van der Waals surface area contributed by atoms with Crippen molar-refractivity contribution in [1.82, 2.24) is 10.2 Å². The Kier molecular flexibility index (Phi) is 5.23. The van der Waals surface area contributed by atoms with Gasteiger partial charge in [0.15, 0.2) is 0 Å². The molecule has 1 atom stereocenters. The van der Waals surface area contributed by atoms with Gasteiger partial charge in [-0.2, -0.15) is 0 Å². The predicted molar refractivity (Wildman–Crippen MR) is 56.4 cm³/mol. The van der Waals surface area contributed by atoms with E-state index < -0.39 is 0 Å². The number of nitrogens with one attached hydrogen (secondary N) is 1. The SMILES string of the molecule is CN1CN[C@@H](Cc2ccc(O)cc2)C1=O.[Ac]. The number of hydrogen-bond acceptors (Lipinski definition) is 3. The summed E-state index contributed by atoms with van der Waals surface area (Å²) in [6.45, 7) is 0.613. The standard InChI is InChI=1S/C11H14N2O2.Ac/c1-13-7-12-10(11(13)15)6-8-2-4-9(14)5-3-8;/h2-5,10,12,14H,6-7H2,1H3;/t10-;/m0./s1. The van der Waals surface area contributed by atoms with Gasteiger partial charge in [0.1, 0.15) is 5.75 Å². The van der Waals surface area contributed by atoms with Crippen molar-refractivity contribution in [2.24, 2.45) is 0 Å². The van der Waals surface area contributed by atoms with Gasteiger partial charge < -0.3 is 10.0 Å². The molecule has 4 nitrogen and oxygen atoms in total. The molecule has 0 aromatic heterocycles. The minimum Gasteiger partial charge on any atom is -0.508 e. The van der Waals surface area contributed by atoms with Crippen LogP contribution in [0.2, 0.25) is 0 Å². The van der Waals surface area contributed by atoms with E-state index in [9.17, 15) is 4.79 Å². The fourth-order valence-electron chi connectivity index (χ4n) is 1.71. The van der Waals surface area contributed by atoms with Gasteiger partial charge in [0.25, 0.3) is 0 Å². The normalized spacial score (nSPS) is 19.7. The zero-order valence-corrected chi connectivity index (χ0v) is 13.9. The molecule has 2 rings (SSSR count). The predicted octanol–water partition coefficient (Wildman–Crippen LogP) is 0.322. The van der Waals surface area contributed by atoms with Crippen LogP contribution >= 0.6 is 0 Å². The van der Waals surface area contributed by atoms with Crippen molar-refractivity contribution in [2.45, 2.75) is 12.5 Å². The van der Waals surface area contributed by atoms with Crippen molar-refractivity contribution in [3.63, 3.8) is 0 Å². The zero-order chi connectivity index (χ0) is 10.8. The number of likely N-dealkylation sites (N-methyl/N-ethyl adjacent to an activating group) is 1. The first-order chi connectivity index (χ1) is 7.16. The maximum Gasteiger partial charge on any atom is 0.240 e. The Morgan fingerprint density at radius 1 is 1.44 bits per heavy atom. The van der Waals surface area contributed by atoms with E-state index in [1.807, 2.05) is 12.1 Å². The molecule has 0 bridgehead atoms. The topological polar surface area (TPSA) is 52.6 Å². The Hall–Kier alpha value is -0.108. The quantitative estimate of drug-likeness (QED) is 0.707. The van der Waals surface area contributed by atoms with Crippen molar-refractivity contribution in [2.75, 3.05) is 13.7 Å². The Morgan fingerprint density at radius 2 is 2.06 bits per heavy atom. The van der Waals surface area contributed by atoms with Crippen molar-refractivity contribution in [3.05, 3.63) is 29.8 Å². The van der Waals surface area contributed by atoms with Gasteiger partial charge in [0, 0.05) is 51.1 Å². The minimum absolute atomic E-state index is 0. The van der Waals surface area contributed by atoms with Crippen molar-refractivity contribution < 1.29 is 54.0 Å². The summed E-state index contributed by atoms with van der Waals surface area (Å²) in [5.41, 5.74) is 1.05. The average Bonchev–Trinajstić information content (AvgIpc) is 2.53. The monoisotopic (exact) mass is 433 g/mol. The third kappa shape index (κ3) is 3.19. The summed E-state index contributed by atoms with van der Waals surface area (Å²) in [5.74, 6) is 0.379. The summed E-state index contributed by atoms with van der Waals surface area (Å²) >= 11 is 0. The van der Waals surface area contributed by atoms with E-state index in [0.717, 1.165) is 5.56 Å². The van der Waals surface area contributed by atoms with Crippen LogP contribution in [0.1, 0.15) is 5.56 Å². The molecule has 0 unspecified atom stereocenters. The number of phenolic OH excluding ortho intramolecular Hbond substituents is 1. The van der Waals surface area contributed by atoms with Crippen LogP contribution in [0.5, 0.6) is 5.75 Å². The first kappa shape index (κ1) is 14.0. The molecule has 2 N–H and O–H groups in total. The van der Waals surface area contributed by atoms with Gasteiger partial charge in [-0.1, -0.05) is 12.1 Å². The third-order valence-corrected chi connectivity index (χ3v) is 2.63. The van der Waals surface area contributed by atoms with Gasteiger partial charge in [-0.3, -0.25) is 10.1 Å². The number of benzene rings is 1. The largest absolute Gasteiger partial charge is 0.508 e. The maximum atomic E-state index is 11.6. The van der Waals surface area contributed by atoms with E-state index >= 15 is 0 Å². The molecule has 0 aliphatic carbocycles. The van der Waals surface area contributed by atoms with E-state index in [1.165, 1.54) is 0 Å². The van der Waals surface area contributed by atoms with Gasteiger partial charge in [0.05, 0.1) is 12.7 Å². The molecule has 1 fully saturated rings. The molecule has 1 aliphatic heterocycles. The van der Waals surface area contributed by atoms with Gasteiger partial charge in [0.2, 0.25) is 5.91 Å². The molecular weight excluding hydrogens is 419 g/mol. The number of hydrogen-bond donors (Lipinski definition) is 2. The van der Waals surface area contributed by atoms with Crippen LogP contribution in [0.25, 0.3) is 0 Å². The summed E-state index contributed by atoms with van der Waals surface area (Å²) in [6.07, 6.45) is 0.670. The molecule has 0 saturated carbocycles. The molecule has 1 saturated heterocycles. The van der Waals surface area contributed by atoms with E-state index in [2.05, 4.69) is 5.32 Å². The molecule has 5 heteroatoms. The van der Waals surface area contributed by atoms with E-state index in [1.54, 1.807) is 24.1 Å². The first-order valence-electron chi connectivity index (χ1n) is 4.93. The molecule has 1 aromatic carbocycles. The number of nitrogens with zero attached hydrogens (tertiary/aromatic N) is 1. The van der Waals surface area contributed by atoms with E-state index in [0.29, 0.717) is 13.1 Å². The molecule has 83 valence electrons. The summed E-state index contributed by atoms with van der Waals surface area (Å²) in [4.78, 5) is 13.3. The fourth-order valence-corrected chi connectivity index (χ4v) is 1.71. The molecule has 0 spiro atoms. The number of aromatic hydroxyl groups is 1. The van der Waals surface area contributed by atoms with Gasteiger partial charge in [-0.15, -0.1) is 0 Å². The Bertz CT molecular complexity index is 367. The van der Waals surface area contributed by atoms with Crippen molar-refractivity contribution in [1.29, 1.82) is 0 Å². The van der Waals surface area contributed by atoms with Gasteiger partial charge in [-0.25, -0.2) is 0 Å². The summed E-state index contributed by atoms with van der Waals surface area (Å²) < 4.78 is 0. The first-order valence-corrected chi connectivity index (χ1v) is 4.93. The summed E-state index contributed by atoms with van der Waals surface area (Å²) in [7, 11) is 1.78. The minimum atomic E-state index is -0.125. The third-order valence-electron chi connectivity index (χ3n) is 2.63. The molecule has 16 heavy (non-hydrogen) atoms. The number of carbonyl (C=O) groups is 1. The average molecular weight is 433 g/mol. The van der Waals surface area contributed by atoms with Crippen LogP contribution in [0.3, 0.4) is 0 Å². The number of amides is 1. The molecular formula is C11H14AcN2O2. The second-order valence-electron chi connectivity index (χ2n) is 3.82. The van der Waals surface area contributed by atoms with Crippen LogP contribution in [-0.2, 0) is 11.2 Å². The fraction of sp³-hybridized carbons (Fsp3) is 0.364. The maximum absolute atomic E-state index is 11.6. The van der Waals surface area contributed by atoms with E-state index in [4.69, 9.17) is 5.11 Å². The van der Waals surface area contributed by atoms with Crippen LogP contribution in [0, 0.1) is 44.1 Å². The number of phenols is 1. The molecule has 1 aromatic rings. The number of rotatable bonds is 2. The molecule has 1 heterocycles.